The SMILES string of the molecule is CC(C)NS(=O)(=O)c1ccc2c(c1)CCC2. The van der Waals surface area contributed by atoms with Gasteiger partial charge in [-0.05, 0) is 56.4 Å². The third kappa shape index (κ3) is 2.28. The van der Waals surface area contributed by atoms with Crippen molar-refractivity contribution in [2.75, 3.05) is 0 Å². The summed E-state index contributed by atoms with van der Waals surface area (Å²) in [6, 6.07) is 5.39. The summed E-state index contributed by atoms with van der Waals surface area (Å²) in [6.07, 6.45) is 3.21. The summed E-state index contributed by atoms with van der Waals surface area (Å²) in [4.78, 5) is 0.391. The maximum absolute atomic E-state index is 11.9. The molecule has 0 amide bonds. The first kappa shape index (κ1) is 11.6. The van der Waals surface area contributed by atoms with E-state index in [0.29, 0.717) is 4.90 Å². The third-order valence-electron chi connectivity index (χ3n) is 2.77. The second-order valence-corrected chi connectivity index (χ2v) is 6.27. The minimum atomic E-state index is -3.33. The van der Waals surface area contributed by atoms with Gasteiger partial charge in [0.05, 0.1) is 4.90 Å². The fraction of sp³-hybridized carbons (Fsp3) is 0.500. The molecule has 1 aromatic carbocycles. The second-order valence-electron chi connectivity index (χ2n) is 4.56. The number of hydrogen-bond donors (Lipinski definition) is 1. The van der Waals surface area contributed by atoms with E-state index in [0.717, 1.165) is 19.3 Å². The maximum atomic E-state index is 11.9. The Balaban J connectivity index is 2.34. The molecule has 0 aliphatic heterocycles. The van der Waals surface area contributed by atoms with Gasteiger partial charge in [-0.15, -0.1) is 0 Å². The normalized spacial score (nSPS) is 15.4. The van der Waals surface area contributed by atoms with Crippen molar-refractivity contribution in [1.29, 1.82) is 0 Å². The van der Waals surface area contributed by atoms with Crippen molar-refractivity contribution in [1.82, 2.24) is 4.72 Å². The lowest BCUT2D eigenvalue weighted by Crippen LogP contribution is -2.30. The standard InChI is InChI=1S/C12H17NO2S/c1-9(2)13-16(14,15)12-7-6-10-4-3-5-11(10)8-12/h6-9,13H,3-5H2,1-2H3. The van der Waals surface area contributed by atoms with Crippen LogP contribution in [0.15, 0.2) is 23.1 Å². The molecule has 1 aromatic rings. The molecule has 1 aliphatic carbocycles. The predicted octanol–water partition coefficient (Wildman–Crippen LogP) is 1.86. The van der Waals surface area contributed by atoms with Crippen molar-refractivity contribution < 1.29 is 8.42 Å². The van der Waals surface area contributed by atoms with Gasteiger partial charge in [0.1, 0.15) is 0 Å². The molecule has 0 saturated carbocycles. The Bertz CT molecular complexity index is 492. The highest BCUT2D eigenvalue weighted by molar-refractivity contribution is 7.89. The Morgan fingerprint density at radius 3 is 2.56 bits per heavy atom. The van der Waals surface area contributed by atoms with Gasteiger partial charge in [0, 0.05) is 6.04 Å². The molecule has 4 heteroatoms. The third-order valence-corrected chi connectivity index (χ3v) is 4.43. The van der Waals surface area contributed by atoms with E-state index in [2.05, 4.69) is 4.72 Å². The second kappa shape index (κ2) is 4.18. The van der Waals surface area contributed by atoms with Gasteiger partial charge in [-0.25, -0.2) is 13.1 Å². The van der Waals surface area contributed by atoms with Crippen LogP contribution in [0.25, 0.3) is 0 Å². The Morgan fingerprint density at radius 2 is 1.88 bits per heavy atom. The van der Waals surface area contributed by atoms with Crippen molar-refractivity contribution in [2.24, 2.45) is 0 Å². The lowest BCUT2D eigenvalue weighted by molar-refractivity contribution is 0.570. The van der Waals surface area contributed by atoms with Crippen LogP contribution < -0.4 is 4.72 Å². The van der Waals surface area contributed by atoms with E-state index < -0.39 is 10.0 Å². The van der Waals surface area contributed by atoms with Crippen LogP contribution in [0, 0.1) is 0 Å². The van der Waals surface area contributed by atoms with E-state index in [1.807, 2.05) is 26.0 Å². The van der Waals surface area contributed by atoms with Crippen molar-refractivity contribution in [2.45, 2.75) is 44.0 Å². The van der Waals surface area contributed by atoms with E-state index in [1.54, 1.807) is 6.07 Å². The quantitative estimate of drug-likeness (QED) is 0.875. The van der Waals surface area contributed by atoms with Crippen molar-refractivity contribution >= 4 is 10.0 Å². The Morgan fingerprint density at radius 1 is 1.19 bits per heavy atom. The lowest BCUT2D eigenvalue weighted by atomic mass is 10.1. The number of nitrogens with one attached hydrogen (secondary N) is 1. The van der Waals surface area contributed by atoms with E-state index in [-0.39, 0.29) is 6.04 Å². The van der Waals surface area contributed by atoms with Crippen molar-refractivity contribution in [3.63, 3.8) is 0 Å². The molecule has 2 rings (SSSR count). The zero-order valence-corrected chi connectivity index (χ0v) is 10.5. The lowest BCUT2D eigenvalue weighted by Gasteiger charge is -2.10. The number of aryl methyl sites for hydroxylation is 2. The topological polar surface area (TPSA) is 46.2 Å². The summed E-state index contributed by atoms with van der Waals surface area (Å²) in [6.45, 7) is 3.65. The van der Waals surface area contributed by atoms with Gasteiger partial charge in [0.15, 0.2) is 0 Å². The summed E-state index contributed by atoms with van der Waals surface area (Å²) in [5.74, 6) is 0. The first-order chi connectivity index (χ1) is 7.49. The highest BCUT2D eigenvalue weighted by Gasteiger charge is 2.18. The van der Waals surface area contributed by atoms with Crippen LogP contribution in [0.1, 0.15) is 31.4 Å². The molecule has 88 valence electrons. The van der Waals surface area contributed by atoms with Gasteiger partial charge < -0.3 is 0 Å². The molecule has 0 saturated heterocycles. The molecule has 1 N–H and O–H groups in total. The zero-order valence-electron chi connectivity index (χ0n) is 9.66. The number of sulfonamides is 1. The fourth-order valence-corrected chi connectivity index (χ4v) is 3.39. The molecule has 0 heterocycles. The molecule has 0 unspecified atom stereocenters. The minimum Gasteiger partial charge on any atom is -0.209 e. The van der Waals surface area contributed by atoms with Gasteiger partial charge in [-0.2, -0.15) is 0 Å². The van der Waals surface area contributed by atoms with Crippen LogP contribution >= 0.6 is 0 Å². The predicted molar refractivity (Wildman–Crippen MR) is 63.9 cm³/mol. The van der Waals surface area contributed by atoms with E-state index in [9.17, 15) is 8.42 Å². The summed E-state index contributed by atoms with van der Waals surface area (Å²) in [5.41, 5.74) is 2.48. The molecule has 0 fully saturated rings. The number of fused-ring (bicyclic) bond motifs is 1. The summed E-state index contributed by atoms with van der Waals surface area (Å²) < 4.78 is 26.5. The molecule has 0 atom stereocenters. The van der Waals surface area contributed by atoms with Gasteiger partial charge >= 0.3 is 0 Å². The molecule has 0 spiro atoms. The van der Waals surface area contributed by atoms with Gasteiger partial charge in [-0.3, -0.25) is 0 Å². The molecule has 16 heavy (non-hydrogen) atoms. The van der Waals surface area contributed by atoms with Crippen LogP contribution in [-0.4, -0.2) is 14.5 Å². The summed E-state index contributed by atoms with van der Waals surface area (Å²) in [5, 5.41) is 0. The monoisotopic (exact) mass is 239 g/mol. The molecular weight excluding hydrogens is 222 g/mol. The van der Waals surface area contributed by atoms with Crippen LogP contribution in [0.5, 0.6) is 0 Å². The summed E-state index contributed by atoms with van der Waals surface area (Å²) in [7, 11) is -3.33. The largest absolute Gasteiger partial charge is 0.240 e. The molecular formula is C12H17NO2S. The van der Waals surface area contributed by atoms with Crippen molar-refractivity contribution in [3.8, 4) is 0 Å². The average molecular weight is 239 g/mol. The van der Waals surface area contributed by atoms with Crippen LogP contribution in [0.3, 0.4) is 0 Å². The molecule has 0 radical (unpaired) electrons. The Hall–Kier alpha value is -0.870. The van der Waals surface area contributed by atoms with E-state index in [1.165, 1.54) is 11.1 Å². The van der Waals surface area contributed by atoms with Crippen molar-refractivity contribution in [3.05, 3.63) is 29.3 Å². The zero-order chi connectivity index (χ0) is 11.8. The van der Waals surface area contributed by atoms with Crippen LogP contribution in [-0.2, 0) is 22.9 Å². The minimum absolute atomic E-state index is 0.0711. The smallest absolute Gasteiger partial charge is 0.209 e. The molecule has 3 nitrogen and oxygen atoms in total. The fourth-order valence-electron chi connectivity index (χ4n) is 2.09. The van der Waals surface area contributed by atoms with Gasteiger partial charge in [0.2, 0.25) is 10.0 Å². The molecule has 0 bridgehead atoms. The highest BCUT2D eigenvalue weighted by atomic mass is 32.2. The number of benzene rings is 1. The first-order valence-corrected chi connectivity index (χ1v) is 7.11. The van der Waals surface area contributed by atoms with E-state index >= 15 is 0 Å². The Labute approximate surface area is 96.9 Å². The number of rotatable bonds is 3. The maximum Gasteiger partial charge on any atom is 0.240 e. The average Bonchev–Trinajstić information content (AvgIpc) is 2.61. The highest BCUT2D eigenvalue weighted by Crippen LogP contribution is 2.24. The van der Waals surface area contributed by atoms with Crippen LogP contribution in [0.2, 0.25) is 0 Å². The van der Waals surface area contributed by atoms with Gasteiger partial charge in [-0.1, -0.05) is 6.07 Å². The van der Waals surface area contributed by atoms with Gasteiger partial charge in [0.25, 0.3) is 0 Å². The molecule has 1 aliphatic rings. The van der Waals surface area contributed by atoms with Crippen LogP contribution in [0.4, 0.5) is 0 Å². The molecule has 0 aromatic heterocycles. The number of hydrogen-bond acceptors (Lipinski definition) is 2. The summed E-state index contributed by atoms with van der Waals surface area (Å²) >= 11 is 0. The first-order valence-electron chi connectivity index (χ1n) is 5.63. The Kier molecular flexibility index (Phi) is 3.04. The van der Waals surface area contributed by atoms with E-state index in [4.69, 9.17) is 0 Å².